The van der Waals surface area contributed by atoms with Crippen molar-refractivity contribution < 1.29 is 9.90 Å². The topological polar surface area (TPSA) is 61.4 Å². The molecule has 2 unspecified atom stereocenters. The van der Waals surface area contributed by atoms with Gasteiger partial charge in [0.1, 0.15) is 0 Å². The van der Waals surface area contributed by atoms with Crippen molar-refractivity contribution in [2.75, 3.05) is 19.6 Å². The third-order valence-corrected chi connectivity index (χ3v) is 4.33. The minimum absolute atomic E-state index is 0.0864. The molecular formula is C14H26N2O2. The zero-order chi connectivity index (χ0) is 13.0. The number of carbonyl (C=O) groups is 1. The molecule has 1 saturated heterocycles. The Bertz CT molecular complexity index is 290. The smallest absolute Gasteiger partial charge is 0.224 e. The van der Waals surface area contributed by atoms with Crippen LogP contribution < -0.4 is 10.6 Å². The van der Waals surface area contributed by atoms with Crippen molar-refractivity contribution >= 4 is 5.91 Å². The molecule has 0 aromatic rings. The molecule has 18 heavy (non-hydrogen) atoms. The number of amides is 1. The van der Waals surface area contributed by atoms with Gasteiger partial charge in [-0.05, 0) is 38.1 Å². The third kappa shape index (κ3) is 3.69. The lowest BCUT2D eigenvalue weighted by Gasteiger charge is -2.36. The zero-order valence-electron chi connectivity index (χ0n) is 11.4. The van der Waals surface area contributed by atoms with Gasteiger partial charge >= 0.3 is 0 Å². The molecule has 4 heteroatoms. The van der Waals surface area contributed by atoms with Crippen molar-refractivity contribution in [2.45, 2.75) is 51.0 Å². The summed E-state index contributed by atoms with van der Waals surface area (Å²) in [6.45, 7) is 4.40. The van der Waals surface area contributed by atoms with Gasteiger partial charge in [-0.25, -0.2) is 0 Å². The highest BCUT2D eigenvalue weighted by Gasteiger charge is 2.33. The van der Waals surface area contributed by atoms with Crippen LogP contribution in [0.1, 0.15) is 45.4 Å². The van der Waals surface area contributed by atoms with Crippen molar-refractivity contribution in [2.24, 2.45) is 11.8 Å². The molecule has 0 bridgehead atoms. The highest BCUT2D eigenvalue weighted by molar-refractivity contribution is 5.79. The van der Waals surface area contributed by atoms with Crippen molar-refractivity contribution in [3.63, 3.8) is 0 Å². The molecule has 3 atom stereocenters. The first kappa shape index (κ1) is 13.8. The molecule has 0 radical (unpaired) electrons. The van der Waals surface area contributed by atoms with E-state index in [0.29, 0.717) is 12.5 Å². The predicted molar refractivity (Wildman–Crippen MR) is 71.2 cm³/mol. The van der Waals surface area contributed by atoms with Gasteiger partial charge in [-0.15, -0.1) is 0 Å². The molecule has 2 aliphatic rings. The largest absolute Gasteiger partial charge is 0.388 e. The summed E-state index contributed by atoms with van der Waals surface area (Å²) < 4.78 is 0. The van der Waals surface area contributed by atoms with Crippen LogP contribution in [0.2, 0.25) is 0 Å². The minimum atomic E-state index is -0.671. The molecule has 0 aromatic carbocycles. The van der Waals surface area contributed by atoms with E-state index < -0.39 is 5.60 Å². The number of hydrogen-bond donors (Lipinski definition) is 3. The molecule has 1 aliphatic carbocycles. The van der Waals surface area contributed by atoms with Crippen molar-refractivity contribution in [3.8, 4) is 0 Å². The lowest BCUT2D eigenvalue weighted by molar-refractivity contribution is -0.127. The van der Waals surface area contributed by atoms with Crippen LogP contribution in [-0.4, -0.2) is 36.2 Å². The Morgan fingerprint density at radius 3 is 2.94 bits per heavy atom. The zero-order valence-corrected chi connectivity index (χ0v) is 11.4. The lowest BCUT2D eigenvalue weighted by Crippen LogP contribution is -2.49. The Hall–Kier alpha value is -0.610. The molecule has 1 aliphatic heterocycles. The molecular weight excluding hydrogens is 228 g/mol. The van der Waals surface area contributed by atoms with E-state index in [0.717, 1.165) is 45.2 Å². The monoisotopic (exact) mass is 254 g/mol. The van der Waals surface area contributed by atoms with Crippen LogP contribution in [0.4, 0.5) is 0 Å². The average molecular weight is 254 g/mol. The third-order valence-electron chi connectivity index (χ3n) is 4.33. The van der Waals surface area contributed by atoms with Gasteiger partial charge in [0, 0.05) is 13.1 Å². The summed E-state index contributed by atoms with van der Waals surface area (Å²) in [6.07, 6.45) is 5.94. The van der Waals surface area contributed by atoms with Gasteiger partial charge in [0.2, 0.25) is 5.91 Å². The second-order valence-corrected chi connectivity index (χ2v) is 6.19. The molecule has 1 amide bonds. The second kappa shape index (κ2) is 6.02. The molecule has 4 nitrogen and oxygen atoms in total. The first-order valence-electron chi connectivity index (χ1n) is 7.30. The molecule has 3 N–H and O–H groups in total. The standard InChI is InChI=1S/C14H26N2O2/c1-11-4-2-6-14(18,8-11)10-16-13(17)12-5-3-7-15-9-12/h11-12,15,18H,2-10H2,1H3,(H,16,17)/t11?,12-,14?/m1/s1. The van der Waals surface area contributed by atoms with Crippen molar-refractivity contribution in [3.05, 3.63) is 0 Å². The van der Waals surface area contributed by atoms with Gasteiger partial charge in [-0.2, -0.15) is 0 Å². The van der Waals surface area contributed by atoms with Gasteiger partial charge in [0.15, 0.2) is 0 Å². The summed E-state index contributed by atoms with van der Waals surface area (Å²) in [5, 5.41) is 16.7. The van der Waals surface area contributed by atoms with Crippen molar-refractivity contribution in [1.82, 2.24) is 10.6 Å². The summed E-state index contributed by atoms with van der Waals surface area (Å²) in [6, 6.07) is 0. The molecule has 2 fully saturated rings. The van der Waals surface area contributed by atoms with Gasteiger partial charge in [-0.1, -0.05) is 19.8 Å². The van der Waals surface area contributed by atoms with Crippen LogP contribution in [0.3, 0.4) is 0 Å². The lowest BCUT2D eigenvalue weighted by atomic mass is 9.79. The number of hydrogen-bond acceptors (Lipinski definition) is 3. The maximum atomic E-state index is 12.0. The van der Waals surface area contributed by atoms with E-state index in [2.05, 4.69) is 17.6 Å². The first-order valence-corrected chi connectivity index (χ1v) is 7.30. The quantitative estimate of drug-likeness (QED) is 0.705. The van der Waals surface area contributed by atoms with E-state index in [-0.39, 0.29) is 11.8 Å². The van der Waals surface area contributed by atoms with Crippen LogP contribution in [0.25, 0.3) is 0 Å². The normalized spacial score (nSPS) is 37.2. The maximum Gasteiger partial charge on any atom is 0.224 e. The second-order valence-electron chi connectivity index (χ2n) is 6.19. The van der Waals surface area contributed by atoms with Crippen LogP contribution in [0.15, 0.2) is 0 Å². The van der Waals surface area contributed by atoms with E-state index >= 15 is 0 Å². The first-order chi connectivity index (χ1) is 8.59. The molecule has 104 valence electrons. The van der Waals surface area contributed by atoms with E-state index in [1.165, 1.54) is 6.42 Å². The summed E-state index contributed by atoms with van der Waals surface area (Å²) in [5.41, 5.74) is -0.671. The van der Waals surface area contributed by atoms with Crippen LogP contribution in [0.5, 0.6) is 0 Å². The van der Waals surface area contributed by atoms with Gasteiger partial charge in [-0.3, -0.25) is 4.79 Å². The number of aliphatic hydroxyl groups is 1. The Balaban J connectivity index is 1.77. The summed E-state index contributed by atoms with van der Waals surface area (Å²) in [4.78, 5) is 12.0. The summed E-state index contributed by atoms with van der Waals surface area (Å²) in [7, 11) is 0. The Kier molecular flexibility index (Phi) is 4.62. The number of rotatable bonds is 3. The van der Waals surface area contributed by atoms with Gasteiger partial charge in [0.25, 0.3) is 0 Å². The fraction of sp³-hybridized carbons (Fsp3) is 0.929. The van der Waals surface area contributed by atoms with Crippen LogP contribution in [0, 0.1) is 11.8 Å². The molecule has 0 spiro atoms. The number of piperidine rings is 1. The highest BCUT2D eigenvalue weighted by atomic mass is 16.3. The number of nitrogens with one attached hydrogen (secondary N) is 2. The fourth-order valence-corrected chi connectivity index (χ4v) is 3.26. The van der Waals surface area contributed by atoms with E-state index in [1.54, 1.807) is 0 Å². The van der Waals surface area contributed by atoms with E-state index in [1.807, 2.05) is 0 Å². The van der Waals surface area contributed by atoms with Crippen LogP contribution >= 0.6 is 0 Å². The van der Waals surface area contributed by atoms with E-state index in [4.69, 9.17) is 0 Å². The fourth-order valence-electron chi connectivity index (χ4n) is 3.26. The minimum Gasteiger partial charge on any atom is -0.388 e. The highest BCUT2D eigenvalue weighted by Crippen LogP contribution is 2.31. The Labute approximate surface area is 110 Å². The van der Waals surface area contributed by atoms with Crippen molar-refractivity contribution in [1.29, 1.82) is 0 Å². The SMILES string of the molecule is CC1CCCC(O)(CNC(=O)[C@@H]2CCCNC2)C1. The molecule has 1 heterocycles. The Morgan fingerprint density at radius 2 is 2.28 bits per heavy atom. The predicted octanol–water partition coefficient (Wildman–Crippen LogP) is 1.04. The van der Waals surface area contributed by atoms with Gasteiger partial charge in [0.05, 0.1) is 11.5 Å². The average Bonchev–Trinajstić information content (AvgIpc) is 2.37. The number of carbonyl (C=O) groups excluding carboxylic acids is 1. The molecule has 1 saturated carbocycles. The van der Waals surface area contributed by atoms with Gasteiger partial charge < -0.3 is 15.7 Å². The summed E-state index contributed by atoms with van der Waals surface area (Å²) >= 11 is 0. The molecule has 0 aromatic heterocycles. The maximum absolute atomic E-state index is 12.0. The Morgan fingerprint density at radius 1 is 1.44 bits per heavy atom. The molecule has 2 rings (SSSR count). The summed E-state index contributed by atoms with van der Waals surface area (Å²) in [5.74, 6) is 0.759. The van der Waals surface area contributed by atoms with Crippen LogP contribution in [-0.2, 0) is 4.79 Å². The van der Waals surface area contributed by atoms with E-state index in [9.17, 15) is 9.90 Å².